The summed E-state index contributed by atoms with van der Waals surface area (Å²) in [5.41, 5.74) is 3.86. The Morgan fingerprint density at radius 1 is 1.10 bits per heavy atom. The maximum absolute atomic E-state index is 12.3. The van der Waals surface area contributed by atoms with Crippen molar-refractivity contribution in [2.75, 3.05) is 25.5 Å². The van der Waals surface area contributed by atoms with Crippen molar-refractivity contribution in [3.63, 3.8) is 0 Å². The molecular weight excluding hydrogens is 500 g/mol. The van der Waals surface area contributed by atoms with E-state index >= 15 is 0 Å². The molecule has 1 saturated carbocycles. The number of rotatable bonds is 9. The molecule has 0 spiro atoms. The number of imidazole rings is 1. The quantitative estimate of drug-likeness (QED) is 0.293. The Morgan fingerprint density at radius 3 is 2.72 bits per heavy atom. The molecule has 5 aromatic rings. The van der Waals surface area contributed by atoms with Crippen LogP contribution in [0.5, 0.6) is 0 Å². The fourth-order valence-corrected chi connectivity index (χ4v) is 4.40. The SMILES string of the molecule is CC(c1ccc2nc(NC(=O)C3CC3)cn2n1)c1nnc2ccc(-c3cnn(CC(=O)N(C)CCO)c3)cn12. The van der Waals surface area contributed by atoms with Crippen LogP contribution in [0, 0.1) is 5.92 Å². The molecule has 0 saturated heterocycles. The molecule has 1 aliphatic carbocycles. The Bertz CT molecular complexity index is 1680. The first-order chi connectivity index (χ1) is 18.9. The summed E-state index contributed by atoms with van der Waals surface area (Å²) < 4.78 is 5.17. The molecule has 6 rings (SSSR count). The van der Waals surface area contributed by atoms with Gasteiger partial charge in [0.25, 0.3) is 0 Å². The normalized spacial score (nSPS) is 14.1. The second kappa shape index (κ2) is 9.91. The van der Waals surface area contributed by atoms with Gasteiger partial charge in [0, 0.05) is 43.0 Å². The van der Waals surface area contributed by atoms with Crippen LogP contribution in [0.1, 0.15) is 37.2 Å². The van der Waals surface area contributed by atoms with Gasteiger partial charge in [0.15, 0.2) is 17.1 Å². The number of carbonyl (C=O) groups is 2. The first-order valence-corrected chi connectivity index (χ1v) is 12.8. The molecule has 0 radical (unpaired) electrons. The van der Waals surface area contributed by atoms with Gasteiger partial charge in [-0.15, -0.1) is 10.2 Å². The predicted molar refractivity (Wildman–Crippen MR) is 141 cm³/mol. The van der Waals surface area contributed by atoms with Crippen LogP contribution in [0.4, 0.5) is 5.82 Å². The molecule has 200 valence electrons. The van der Waals surface area contributed by atoms with Gasteiger partial charge in [-0.25, -0.2) is 9.50 Å². The molecule has 0 aliphatic heterocycles. The molecule has 2 N–H and O–H groups in total. The van der Waals surface area contributed by atoms with Crippen LogP contribution >= 0.6 is 0 Å². The number of fused-ring (bicyclic) bond motifs is 2. The number of aliphatic hydroxyl groups is 1. The standard InChI is InChI=1S/C26H28N10O3/c1-16(20-6-8-22-28-21(14-36(22)32-20)29-26(39)17-3-4-17)25-31-30-23-7-5-18(13-35(23)25)19-11-27-34(12-19)15-24(38)33(2)9-10-37/h5-8,11-14,16-17,37H,3-4,9-10,15H2,1-2H3,(H,29,39). The summed E-state index contributed by atoms with van der Waals surface area (Å²) in [5, 5.41) is 29.7. The molecule has 1 aliphatic rings. The summed E-state index contributed by atoms with van der Waals surface area (Å²) in [6.07, 6.45) is 9.05. The zero-order valence-electron chi connectivity index (χ0n) is 21.6. The monoisotopic (exact) mass is 528 g/mol. The molecule has 1 fully saturated rings. The molecule has 2 amide bonds. The third-order valence-electron chi connectivity index (χ3n) is 6.92. The number of hydrogen-bond donors (Lipinski definition) is 2. The third-order valence-corrected chi connectivity index (χ3v) is 6.92. The smallest absolute Gasteiger partial charge is 0.244 e. The van der Waals surface area contributed by atoms with E-state index in [9.17, 15) is 9.59 Å². The first-order valence-electron chi connectivity index (χ1n) is 12.8. The van der Waals surface area contributed by atoms with Crippen LogP contribution in [0.2, 0.25) is 0 Å². The van der Waals surface area contributed by atoms with E-state index in [-0.39, 0.29) is 43.3 Å². The highest BCUT2D eigenvalue weighted by atomic mass is 16.3. The minimum atomic E-state index is -0.186. The van der Waals surface area contributed by atoms with Crippen molar-refractivity contribution in [2.24, 2.45) is 5.92 Å². The Balaban J connectivity index is 1.24. The maximum Gasteiger partial charge on any atom is 0.244 e. The molecule has 39 heavy (non-hydrogen) atoms. The minimum Gasteiger partial charge on any atom is -0.395 e. The summed E-state index contributed by atoms with van der Waals surface area (Å²) in [7, 11) is 1.65. The van der Waals surface area contributed by atoms with Crippen molar-refractivity contribution < 1.29 is 14.7 Å². The van der Waals surface area contributed by atoms with Gasteiger partial charge >= 0.3 is 0 Å². The van der Waals surface area contributed by atoms with Crippen molar-refractivity contribution in [1.29, 1.82) is 0 Å². The molecular formula is C26H28N10O3. The molecule has 0 bridgehead atoms. The summed E-state index contributed by atoms with van der Waals surface area (Å²) in [5.74, 6) is 0.986. The molecule has 13 nitrogen and oxygen atoms in total. The van der Waals surface area contributed by atoms with Crippen LogP contribution in [-0.4, -0.2) is 81.0 Å². The highest BCUT2D eigenvalue weighted by Crippen LogP contribution is 2.30. The molecule has 1 unspecified atom stereocenters. The number of hydrogen-bond acceptors (Lipinski definition) is 8. The van der Waals surface area contributed by atoms with Crippen LogP contribution in [0.15, 0.2) is 49.1 Å². The van der Waals surface area contributed by atoms with E-state index in [2.05, 4.69) is 25.6 Å². The lowest BCUT2D eigenvalue weighted by atomic mass is 10.1. The van der Waals surface area contributed by atoms with Gasteiger partial charge in [0.1, 0.15) is 12.4 Å². The van der Waals surface area contributed by atoms with Crippen molar-refractivity contribution in [3.8, 4) is 11.1 Å². The van der Waals surface area contributed by atoms with E-state index in [4.69, 9.17) is 10.2 Å². The molecule has 5 heterocycles. The molecule has 5 aromatic heterocycles. The zero-order chi connectivity index (χ0) is 27.1. The van der Waals surface area contributed by atoms with Gasteiger partial charge in [0.05, 0.1) is 30.6 Å². The van der Waals surface area contributed by atoms with E-state index < -0.39 is 0 Å². The molecule has 0 aromatic carbocycles. The second-order valence-corrected chi connectivity index (χ2v) is 9.84. The van der Waals surface area contributed by atoms with Crippen LogP contribution in [0.25, 0.3) is 22.4 Å². The first kappa shape index (κ1) is 24.7. The van der Waals surface area contributed by atoms with Crippen molar-refractivity contribution >= 4 is 28.9 Å². The van der Waals surface area contributed by atoms with Crippen LogP contribution in [0.3, 0.4) is 0 Å². The maximum atomic E-state index is 12.3. The predicted octanol–water partition coefficient (Wildman–Crippen LogP) is 1.59. The van der Waals surface area contributed by atoms with Crippen molar-refractivity contribution in [1.82, 2.24) is 43.9 Å². The second-order valence-electron chi connectivity index (χ2n) is 9.84. The number of aliphatic hydroxyl groups excluding tert-OH is 1. The average molecular weight is 529 g/mol. The van der Waals surface area contributed by atoms with Crippen LogP contribution < -0.4 is 5.32 Å². The lowest BCUT2D eigenvalue weighted by Gasteiger charge is -2.15. The van der Waals surface area contributed by atoms with Crippen LogP contribution in [-0.2, 0) is 16.1 Å². The number of aromatic nitrogens is 8. The Hall–Kier alpha value is -4.65. The molecule has 13 heteroatoms. The number of amides is 2. The fraction of sp³-hybridized carbons (Fsp3) is 0.346. The van der Waals surface area contributed by atoms with Gasteiger partial charge in [0.2, 0.25) is 11.8 Å². The van der Waals surface area contributed by atoms with Crippen molar-refractivity contribution in [3.05, 3.63) is 60.6 Å². The van der Waals surface area contributed by atoms with Gasteiger partial charge in [-0.2, -0.15) is 10.2 Å². The lowest BCUT2D eigenvalue weighted by Crippen LogP contribution is -2.32. The number of carbonyl (C=O) groups excluding carboxylic acids is 2. The number of pyridine rings is 1. The number of nitrogens with zero attached hydrogens (tertiary/aromatic N) is 9. The lowest BCUT2D eigenvalue weighted by molar-refractivity contribution is -0.131. The highest BCUT2D eigenvalue weighted by molar-refractivity contribution is 5.93. The Morgan fingerprint density at radius 2 is 1.92 bits per heavy atom. The fourth-order valence-electron chi connectivity index (χ4n) is 4.40. The minimum absolute atomic E-state index is 0.00362. The van der Waals surface area contributed by atoms with Gasteiger partial charge in [-0.1, -0.05) is 0 Å². The Kier molecular flexibility index (Phi) is 6.27. The summed E-state index contributed by atoms with van der Waals surface area (Å²) >= 11 is 0. The average Bonchev–Trinajstić information content (AvgIpc) is 3.34. The van der Waals surface area contributed by atoms with E-state index in [1.54, 1.807) is 28.6 Å². The van der Waals surface area contributed by atoms with E-state index in [1.165, 1.54) is 4.90 Å². The topological polar surface area (TPSA) is 148 Å². The molecule has 1 atom stereocenters. The largest absolute Gasteiger partial charge is 0.395 e. The number of likely N-dealkylation sites (N-methyl/N-ethyl adjacent to an activating group) is 1. The zero-order valence-corrected chi connectivity index (χ0v) is 21.6. The van der Waals surface area contributed by atoms with Gasteiger partial charge in [-0.05, 0) is 44.0 Å². The van der Waals surface area contributed by atoms with E-state index in [0.717, 1.165) is 29.7 Å². The van der Waals surface area contributed by atoms with E-state index in [1.807, 2.05) is 48.0 Å². The third kappa shape index (κ3) is 4.95. The Labute approximate surface area is 223 Å². The van der Waals surface area contributed by atoms with Crippen molar-refractivity contribution in [2.45, 2.75) is 32.2 Å². The summed E-state index contributed by atoms with van der Waals surface area (Å²) in [6.45, 7) is 2.29. The van der Waals surface area contributed by atoms with Gasteiger partial charge in [-0.3, -0.25) is 18.7 Å². The summed E-state index contributed by atoms with van der Waals surface area (Å²) in [4.78, 5) is 30.3. The van der Waals surface area contributed by atoms with E-state index in [0.29, 0.717) is 22.9 Å². The summed E-state index contributed by atoms with van der Waals surface area (Å²) in [6, 6.07) is 7.59. The number of nitrogens with one attached hydrogen (secondary N) is 1. The highest BCUT2D eigenvalue weighted by Gasteiger charge is 2.30. The van der Waals surface area contributed by atoms with Gasteiger partial charge < -0.3 is 15.3 Å². The number of anilines is 1.